The molecule has 0 bridgehead atoms. The monoisotopic (exact) mass is 435 g/mol. The van der Waals surface area contributed by atoms with Gasteiger partial charge in [-0.25, -0.2) is 13.6 Å². The Balaban J connectivity index is 2.11. The Morgan fingerprint density at radius 3 is 2.72 bits per heavy atom. The number of nitrogens with two attached hydrogens (primary N) is 1. The highest BCUT2D eigenvalue weighted by molar-refractivity contribution is 7.89. The normalized spacial score (nSPS) is 12.4. The van der Waals surface area contributed by atoms with Crippen molar-refractivity contribution in [2.24, 2.45) is 10.1 Å². The number of thiazole rings is 1. The zero-order valence-electron chi connectivity index (χ0n) is 16.0. The van der Waals surface area contributed by atoms with Crippen molar-refractivity contribution in [3.8, 4) is 5.75 Å². The van der Waals surface area contributed by atoms with Gasteiger partial charge in [-0.15, -0.1) is 0 Å². The largest absolute Gasteiger partial charge is 0.497 e. The fraction of sp³-hybridized carbons (Fsp3) is 0.263. The van der Waals surface area contributed by atoms with Gasteiger partial charge in [0.1, 0.15) is 5.75 Å². The molecule has 0 aliphatic rings. The van der Waals surface area contributed by atoms with Crippen LogP contribution in [0, 0.1) is 0 Å². The molecule has 0 atom stereocenters. The van der Waals surface area contributed by atoms with Gasteiger partial charge in [-0.3, -0.25) is 4.79 Å². The number of methoxy groups -OCH3 is 1. The number of amides is 1. The lowest BCUT2D eigenvalue weighted by Crippen LogP contribution is -2.19. The van der Waals surface area contributed by atoms with Gasteiger partial charge < -0.3 is 14.0 Å². The maximum absolute atomic E-state index is 12.7. The average molecular weight is 436 g/mol. The standard InChI is InChI=1S/C19H21N3O5S2/c1-3-27-10-9-22-16-8-7-15(29(20,24)25)12-17(16)28-19(22)21-18(23)13-5-4-6-14(11-13)26-2/h4-8,11-12H,3,9-10H2,1-2H3,(H2,20,24,25). The van der Waals surface area contributed by atoms with Crippen molar-refractivity contribution in [2.45, 2.75) is 18.4 Å². The van der Waals surface area contributed by atoms with E-state index in [9.17, 15) is 13.2 Å². The number of fused-ring (bicyclic) bond motifs is 1. The first-order chi connectivity index (χ1) is 13.8. The summed E-state index contributed by atoms with van der Waals surface area (Å²) in [6.45, 7) is 3.35. The average Bonchev–Trinajstić information content (AvgIpc) is 3.04. The zero-order valence-corrected chi connectivity index (χ0v) is 17.6. The molecule has 29 heavy (non-hydrogen) atoms. The maximum Gasteiger partial charge on any atom is 0.279 e. The van der Waals surface area contributed by atoms with Crippen LogP contribution in [-0.2, 0) is 21.3 Å². The van der Waals surface area contributed by atoms with E-state index in [4.69, 9.17) is 14.6 Å². The number of benzene rings is 2. The molecule has 1 heterocycles. The van der Waals surface area contributed by atoms with E-state index in [2.05, 4.69) is 4.99 Å². The summed E-state index contributed by atoms with van der Waals surface area (Å²) in [7, 11) is -2.31. The summed E-state index contributed by atoms with van der Waals surface area (Å²) in [5.74, 6) is 0.136. The molecule has 2 aromatic carbocycles. The number of primary sulfonamides is 1. The summed E-state index contributed by atoms with van der Waals surface area (Å²) in [6, 6.07) is 11.3. The summed E-state index contributed by atoms with van der Waals surface area (Å²) < 4.78 is 36.4. The molecule has 0 saturated carbocycles. The van der Waals surface area contributed by atoms with Gasteiger partial charge >= 0.3 is 0 Å². The molecule has 154 valence electrons. The summed E-state index contributed by atoms with van der Waals surface area (Å²) >= 11 is 1.21. The van der Waals surface area contributed by atoms with Crippen molar-refractivity contribution in [2.75, 3.05) is 20.3 Å². The van der Waals surface area contributed by atoms with Crippen molar-refractivity contribution in [1.82, 2.24) is 4.57 Å². The Hall–Kier alpha value is -2.53. The number of rotatable bonds is 7. The number of hydrogen-bond donors (Lipinski definition) is 1. The van der Waals surface area contributed by atoms with Crippen molar-refractivity contribution < 1.29 is 22.7 Å². The number of sulfonamides is 1. The highest BCUT2D eigenvalue weighted by Gasteiger charge is 2.14. The highest BCUT2D eigenvalue weighted by atomic mass is 32.2. The second-order valence-electron chi connectivity index (χ2n) is 6.06. The minimum absolute atomic E-state index is 0.00822. The molecule has 10 heteroatoms. The number of aromatic nitrogens is 1. The highest BCUT2D eigenvalue weighted by Crippen LogP contribution is 2.21. The number of carbonyl (C=O) groups is 1. The predicted molar refractivity (Wildman–Crippen MR) is 111 cm³/mol. The molecular weight excluding hydrogens is 414 g/mol. The Morgan fingerprint density at radius 2 is 2.03 bits per heavy atom. The summed E-state index contributed by atoms with van der Waals surface area (Å²) in [6.07, 6.45) is 0. The van der Waals surface area contributed by atoms with Crippen LogP contribution in [0.15, 0.2) is 52.4 Å². The van der Waals surface area contributed by atoms with Crippen LogP contribution in [-0.4, -0.2) is 39.2 Å². The first kappa shape index (κ1) is 21.2. The van der Waals surface area contributed by atoms with Gasteiger partial charge in [-0.05, 0) is 43.3 Å². The van der Waals surface area contributed by atoms with Crippen LogP contribution in [0.5, 0.6) is 5.75 Å². The number of ether oxygens (including phenoxy) is 2. The lowest BCUT2D eigenvalue weighted by Gasteiger charge is -2.06. The molecule has 1 aromatic heterocycles. The van der Waals surface area contributed by atoms with Crippen LogP contribution in [0.3, 0.4) is 0 Å². The van der Waals surface area contributed by atoms with Gasteiger partial charge in [-0.2, -0.15) is 4.99 Å². The van der Waals surface area contributed by atoms with Crippen molar-refractivity contribution >= 4 is 37.5 Å². The van der Waals surface area contributed by atoms with E-state index in [0.717, 1.165) is 5.52 Å². The van der Waals surface area contributed by atoms with E-state index in [1.165, 1.54) is 30.6 Å². The summed E-state index contributed by atoms with van der Waals surface area (Å²) in [4.78, 5) is 17.4. The third-order valence-corrected chi connectivity index (χ3v) is 6.11. The van der Waals surface area contributed by atoms with Crippen LogP contribution >= 0.6 is 11.3 Å². The second-order valence-corrected chi connectivity index (χ2v) is 8.63. The van der Waals surface area contributed by atoms with Gasteiger partial charge in [-0.1, -0.05) is 17.4 Å². The molecular formula is C19H21N3O5S2. The molecule has 0 unspecified atom stereocenters. The first-order valence-corrected chi connectivity index (χ1v) is 11.2. The van der Waals surface area contributed by atoms with Crippen LogP contribution < -0.4 is 14.7 Å². The topological polar surface area (TPSA) is 113 Å². The Morgan fingerprint density at radius 1 is 1.24 bits per heavy atom. The minimum Gasteiger partial charge on any atom is -0.497 e. The van der Waals surface area contributed by atoms with E-state index >= 15 is 0 Å². The molecule has 1 amide bonds. The van der Waals surface area contributed by atoms with Crippen molar-refractivity contribution in [1.29, 1.82) is 0 Å². The third kappa shape index (κ3) is 4.91. The third-order valence-electron chi connectivity index (χ3n) is 4.16. The minimum atomic E-state index is -3.83. The van der Waals surface area contributed by atoms with Gasteiger partial charge in [0, 0.05) is 18.7 Å². The lowest BCUT2D eigenvalue weighted by atomic mass is 10.2. The molecule has 3 aromatic rings. The van der Waals surface area contributed by atoms with Crippen molar-refractivity contribution in [3.05, 3.63) is 52.8 Å². The fourth-order valence-electron chi connectivity index (χ4n) is 2.74. The van der Waals surface area contributed by atoms with E-state index in [0.29, 0.717) is 40.6 Å². The van der Waals surface area contributed by atoms with E-state index < -0.39 is 15.9 Å². The number of hydrogen-bond acceptors (Lipinski definition) is 6. The Bertz CT molecular complexity index is 1210. The van der Waals surface area contributed by atoms with Crippen LogP contribution in [0.25, 0.3) is 10.2 Å². The molecule has 2 N–H and O–H groups in total. The number of carbonyl (C=O) groups excluding carboxylic acids is 1. The molecule has 0 radical (unpaired) electrons. The molecule has 0 fully saturated rings. The van der Waals surface area contributed by atoms with Crippen LogP contribution in [0.4, 0.5) is 0 Å². The van der Waals surface area contributed by atoms with Gasteiger partial charge in [0.05, 0.1) is 28.8 Å². The lowest BCUT2D eigenvalue weighted by molar-refractivity contribution is 0.0996. The fourth-order valence-corrected chi connectivity index (χ4v) is 4.45. The molecule has 0 aliphatic carbocycles. The van der Waals surface area contributed by atoms with E-state index in [1.54, 1.807) is 30.3 Å². The van der Waals surface area contributed by atoms with Gasteiger partial charge in [0.25, 0.3) is 5.91 Å². The summed E-state index contributed by atoms with van der Waals surface area (Å²) in [5.41, 5.74) is 1.14. The molecule has 0 spiro atoms. The molecule has 0 aliphatic heterocycles. The van der Waals surface area contributed by atoms with E-state index in [-0.39, 0.29) is 4.90 Å². The predicted octanol–water partition coefficient (Wildman–Crippen LogP) is 2.14. The second kappa shape index (κ2) is 8.87. The van der Waals surface area contributed by atoms with Crippen LogP contribution in [0.1, 0.15) is 17.3 Å². The Kier molecular flexibility index (Phi) is 6.48. The molecule has 0 saturated heterocycles. The van der Waals surface area contributed by atoms with Gasteiger partial charge in [0.15, 0.2) is 4.80 Å². The SMILES string of the molecule is CCOCCn1c(=NC(=O)c2cccc(OC)c2)sc2cc(S(N)(=O)=O)ccc21. The number of nitrogens with zero attached hydrogens (tertiary/aromatic N) is 2. The van der Waals surface area contributed by atoms with Crippen molar-refractivity contribution in [3.63, 3.8) is 0 Å². The summed E-state index contributed by atoms with van der Waals surface area (Å²) in [5, 5.41) is 5.24. The zero-order chi connectivity index (χ0) is 21.0. The quantitative estimate of drug-likeness (QED) is 0.571. The van der Waals surface area contributed by atoms with Gasteiger partial charge in [0.2, 0.25) is 10.0 Å². The molecule has 3 rings (SSSR count). The van der Waals surface area contributed by atoms with Crippen LogP contribution in [0.2, 0.25) is 0 Å². The Labute approximate surface area is 172 Å². The first-order valence-electron chi connectivity index (χ1n) is 8.80. The molecule has 8 nitrogen and oxygen atoms in total. The smallest absolute Gasteiger partial charge is 0.279 e. The maximum atomic E-state index is 12.7. The van der Waals surface area contributed by atoms with E-state index in [1.807, 2.05) is 11.5 Å².